The maximum atomic E-state index is 11.8. The van der Waals surface area contributed by atoms with E-state index in [2.05, 4.69) is 20.9 Å². The van der Waals surface area contributed by atoms with Gasteiger partial charge in [-0.3, -0.25) is 9.59 Å². The molecule has 2 amide bonds. The lowest BCUT2D eigenvalue weighted by Crippen LogP contribution is -2.38. The summed E-state index contributed by atoms with van der Waals surface area (Å²) in [5, 5.41) is 8.90. The fraction of sp³-hybridized carbons (Fsp3) is 0.500. The van der Waals surface area contributed by atoms with Crippen molar-refractivity contribution in [3.05, 3.63) is 35.4 Å². The first-order chi connectivity index (χ1) is 12.6. The Morgan fingerprint density at radius 2 is 1.85 bits per heavy atom. The van der Waals surface area contributed by atoms with Gasteiger partial charge in [-0.1, -0.05) is 12.1 Å². The summed E-state index contributed by atoms with van der Waals surface area (Å²) in [4.78, 5) is 27.0. The molecule has 26 heavy (non-hydrogen) atoms. The highest BCUT2D eigenvalue weighted by Crippen LogP contribution is 2.05. The van der Waals surface area contributed by atoms with Gasteiger partial charge in [0.1, 0.15) is 0 Å². The van der Waals surface area contributed by atoms with Crippen molar-refractivity contribution in [3.63, 3.8) is 0 Å². The number of carbonyl (C=O) groups excluding carboxylic acids is 2. The van der Waals surface area contributed by atoms with Crippen molar-refractivity contribution in [3.8, 4) is 0 Å². The summed E-state index contributed by atoms with van der Waals surface area (Å²) in [6.45, 7) is 7.31. The number of ether oxygens (including phenoxy) is 1. The van der Waals surface area contributed by atoms with E-state index in [9.17, 15) is 9.59 Å². The third-order valence-electron chi connectivity index (χ3n) is 3.37. The van der Waals surface area contributed by atoms with E-state index in [1.807, 2.05) is 26.0 Å². The van der Waals surface area contributed by atoms with E-state index in [1.54, 1.807) is 12.1 Å². The second-order valence-corrected chi connectivity index (χ2v) is 5.52. The second kappa shape index (κ2) is 12.7. The first-order valence-corrected chi connectivity index (χ1v) is 8.82. The molecule has 0 saturated carbocycles. The van der Waals surface area contributed by atoms with Crippen LogP contribution >= 0.6 is 0 Å². The number of rotatable bonds is 11. The number of amides is 2. The summed E-state index contributed by atoms with van der Waals surface area (Å²) in [6, 6.07) is 7.07. The number of hydrogen-bond donors (Lipinski definition) is 4. The number of nitrogens with two attached hydrogens (primary N) is 1. The molecule has 0 atom stereocenters. The zero-order valence-electron chi connectivity index (χ0n) is 15.5. The molecule has 0 aromatic heterocycles. The molecule has 0 unspecified atom stereocenters. The van der Waals surface area contributed by atoms with Crippen LogP contribution in [0.2, 0.25) is 0 Å². The molecule has 0 aliphatic rings. The fourth-order valence-corrected chi connectivity index (χ4v) is 2.07. The van der Waals surface area contributed by atoms with E-state index in [4.69, 9.17) is 10.5 Å². The highest BCUT2D eigenvalue weighted by molar-refractivity contribution is 5.96. The van der Waals surface area contributed by atoms with Crippen LogP contribution in [0.3, 0.4) is 0 Å². The van der Waals surface area contributed by atoms with Crippen LogP contribution in [0.4, 0.5) is 0 Å². The van der Waals surface area contributed by atoms with Crippen molar-refractivity contribution < 1.29 is 14.3 Å². The predicted octanol–water partition coefficient (Wildman–Crippen LogP) is 0.383. The van der Waals surface area contributed by atoms with Crippen molar-refractivity contribution in [2.75, 3.05) is 32.8 Å². The van der Waals surface area contributed by atoms with E-state index >= 15 is 0 Å². The average Bonchev–Trinajstić information content (AvgIpc) is 2.64. The van der Waals surface area contributed by atoms with Crippen LogP contribution < -0.4 is 21.7 Å². The van der Waals surface area contributed by atoms with Gasteiger partial charge < -0.3 is 26.4 Å². The van der Waals surface area contributed by atoms with Gasteiger partial charge >= 0.3 is 0 Å². The molecule has 0 aliphatic carbocycles. The van der Waals surface area contributed by atoms with Gasteiger partial charge in [-0.05, 0) is 38.0 Å². The van der Waals surface area contributed by atoms with Crippen molar-refractivity contribution >= 4 is 17.8 Å². The van der Waals surface area contributed by atoms with E-state index in [0.29, 0.717) is 12.1 Å². The van der Waals surface area contributed by atoms with E-state index in [1.165, 1.54) is 0 Å². The van der Waals surface area contributed by atoms with Gasteiger partial charge in [-0.15, -0.1) is 0 Å². The standard InChI is InChI=1S/C18H29N5O3/c1-3-20-18(21-10-5-11-26-4-2)23-12-14-6-8-15(9-7-14)17(25)22-13-16(19)24/h6-9H,3-5,10-13H2,1-2H3,(H2,19,24)(H,22,25)(H2,20,21,23). The summed E-state index contributed by atoms with van der Waals surface area (Å²) in [5.41, 5.74) is 6.45. The first kappa shape index (κ1) is 21.4. The Bertz CT molecular complexity index is 587. The number of guanidine groups is 1. The summed E-state index contributed by atoms with van der Waals surface area (Å²) in [6.07, 6.45) is 0.910. The van der Waals surface area contributed by atoms with Crippen LogP contribution in [0.5, 0.6) is 0 Å². The molecule has 1 aromatic rings. The van der Waals surface area contributed by atoms with Crippen LogP contribution in [0.15, 0.2) is 29.3 Å². The molecule has 5 N–H and O–H groups in total. The molecule has 0 spiro atoms. The number of aliphatic imine (C=N–C) groups is 1. The Balaban J connectivity index is 2.52. The molecule has 0 heterocycles. The maximum absolute atomic E-state index is 11.8. The number of nitrogens with zero attached hydrogens (tertiary/aromatic N) is 1. The SMILES string of the molecule is CCNC(=NCc1ccc(C(=O)NCC(N)=O)cc1)NCCCOCC. The largest absolute Gasteiger partial charge is 0.382 e. The van der Waals surface area contributed by atoms with Crippen molar-refractivity contribution in [2.45, 2.75) is 26.8 Å². The Morgan fingerprint density at radius 1 is 1.12 bits per heavy atom. The average molecular weight is 363 g/mol. The number of nitrogens with one attached hydrogen (secondary N) is 3. The Labute approximate surface area is 154 Å². The van der Waals surface area contributed by atoms with Crippen LogP contribution in [0, 0.1) is 0 Å². The lowest BCUT2D eigenvalue weighted by atomic mass is 10.1. The minimum Gasteiger partial charge on any atom is -0.382 e. The zero-order valence-corrected chi connectivity index (χ0v) is 15.5. The minimum atomic E-state index is -0.575. The number of primary amides is 1. The second-order valence-electron chi connectivity index (χ2n) is 5.52. The van der Waals surface area contributed by atoms with Gasteiger partial charge in [0.15, 0.2) is 5.96 Å². The maximum Gasteiger partial charge on any atom is 0.251 e. The lowest BCUT2D eigenvalue weighted by Gasteiger charge is -2.11. The molecule has 0 bridgehead atoms. The van der Waals surface area contributed by atoms with Crippen molar-refractivity contribution in [1.29, 1.82) is 0 Å². The highest BCUT2D eigenvalue weighted by Gasteiger charge is 2.06. The number of carbonyl (C=O) groups is 2. The molecule has 1 rings (SSSR count). The molecule has 0 fully saturated rings. The Kier molecular flexibility index (Phi) is 10.5. The topological polar surface area (TPSA) is 118 Å². The molecule has 0 aliphatic heterocycles. The summed E-state index contributed by atoms with van der Waals surface area (Å²) < 4.78 is 5.31. The third-order valence-corrected chi connectivity index (χ3v) is 3.37. The molecule has 1 aromatic carbocycles. The minimum absolute atomic E-state index is 0.175. The van der Waals surface area contributed by atoms with E-state index in [0.717, 1.165) is 44.2 Å². The Morgan fingerprint density at radius 3 is 2.46 bits per heavy atom. The van der Waals surface area contributed by atoms with E-state index in [-0.39, 0.29) is 12.5 Å². The molecule has 0 radical (unpaired) electrons. The normalized spacial score (nSPS) is 11.1. The number of hydrogen-bond acceptors (Lipinski definition) is 4. The quantitative estimate of drug-likeness (QED) is 0.258. The van der Waals surface area contributed by atoms with Crippen LogP contribution in [0.1, 0.15) is 36.2 Å². The Hall–Kier alpha value is -2.61. The van der Waals surface area contributed by atoms with Crippen LogP contribution in [0.25, 0.3) is 0 Å². The molecule has 0 saturated heterocycles. The summed E-state index contributed by atoms with van der Waals surface area (Å²) >= 11 is 0. The third kappa shape index (κ3) is 9.03. The smallest absolute Gasteiger partial charge is 0.251 e. The molecule has 144 valence electrons. The number of benzene rings is 1. The predicted molar refractivity (Wildman–Crippen MR) is 102 cm³/mol. The van der Waals surface area contributed by atoms with Gasteiger partial charge in [0.2, 0.25) is 5.91 Å². The molecule has 8 heteroatoms. The van der Waals surface area contributed by atoms with Crippen LogP contribution in [-0.2, 0) is 16.1 Å². The zero-order chi connectivity index (χ0) is 19.2. The van der Waals surface area contributed by atoms with Crippen LogP contribution in [-0.4, -0.2) is 50.6 Å². The van der Waals surface area contributed by atoms with Gasteiger partial charge in [0.05, 0.1) is 13.1 Å². The van der Waals surface area contributed by atoms with Gasteiger partial charge in [-0.2, -0.15) is 0 Å². The summed E-state index contributed by atoms with van der Waals surface area (Å²) in [7, 11) is 0. The fourth-order valence-electron chi connectivity index (χ4n) is 2.07. The first-order valence-electron chi connectivity index (χ1n) is 8.82. The van der Waals surface area contributed by atoms with Crippen molar-refractivity contribution in [1.82, 2.24) is 16.0 Å². The molecular weight excluding hydrogens is 334 g/mol. The molecular formula is C18H29N5O3. The monoisotopic (exact) mass is 363 g/mol. The highest BCUT2D eigenvalue weighted by atomic mass is 16.5. The summed E-state index contributed by atoms with van der Waals surface area (Å²) in [5.74, 6) is -0.163. The van der Waals surface area contributed by atoms with E-state index < -0.39 is 5.91 Å². The van der Waals surface area contributed by atoms with Crippen molar-refractivity contribution in [2.24, 2.45) is 10.7 Å². The van der Waals surface area contributed by atoms with Gasteiger partial charge in [-0.25, -0.2) is 4.99 Å². The molecule has 8 nitrogen and oxygen atoms in total. The van der Waals surface area contributed by atoms with Gasteiger partial charge in [0, 0.05) is 31.9 Å². The van der Waals surface area contributed by atoms with Gasteiger partial charge in [0.25, 0.3) is 5.91 Å². The lowest BCUT2D eigenvalue weighted by molar-refractivity contribution is -0.117.